The maximum atomic E-state index is 8.38. The highest BCUT2D eigenvalue weighted by atomic mass is 14.7. The Labute approximate surface area is 59.1 Å². The molecule has 0 unspecified atom stereocenters. The number of nitrogens with two attached hydrogens (primary N) is 1. The summed E-state index contributed by atoms with van der Waals surface area (Å²) in [5, 5.41) is 8.38. The molecule has 0 aliphatic rings. The van der Waals surface area contributed by atoms with Crippen LogP contribution in [0.2, 0.25) is 0 Å². The van der Waals surface area contributed by atoms with Gasteiger partial charge < -0.3 is 5.73 Å². The SMILES string of the molecule is N#Cc1ccc(CN)nc1. The Morgan fingerprint density at radius 3 is 2.80 bits per heavy atom. The molecule has 1 heterocycles. The molecule has 0 fully saturated rings. The molecule has 10 heavy (non-hydrogen) atoms. The zero-order chi connectivity index (χ0) is 7.40. The molecule has 0 aromatic carbocycles. The van der Waals surface area contributed by atoms with E-state index in [4.69, 9.17) is 11.0 Å². The number of nitriles is 1. The summed E-state index contributed by atoms with van der Waals surface area (Å²) in [5.41, 5.74) is 6.67. The van der Waals surface area contributed by atoms with Crippen LogP contribution in [0.5, 0.6) is 0 Å². The summed E-state index contributed by atoms with van der Waals surface area (Å²) in [5.74, 6) is 0. The standard InChI is InChI=1S/C7H7N3/c8-3-6-1-2-7(4-9)10-5-6/h1-2,5H,4,9H2. The molecular weight excluding hydrogens is 126 g/mol. The fourth-order valence-electron chi connectivity index (χ4n) is 0.611. The van der Waals surface area contributed by atoms with Crippen molar-refractivity contribution >= 4 is 0 Å². The van der Waals surface area contributed by atoms with Crippen molar-refractivity contribution in [3.63, 3.8) is 0 Å². The van der Waals surface area contributed by atoms with E-state index in [1.165, 1.54) is 6.20 Å². The topological polar surface area (TPSA) is 62.7 Å². The second-order valence-corrected chi connectivity index (χ2v) is 1.85. The first kappa shape index (κ1) is 6.72. The summed E-state index contributed by atoms with van der Waals surface area (Å²) >= 11 is 0. The maximum absolute atomic E-state index is 8.38. The molecule has 0 aliphatic heterocycles. The first-order valence-electron chi connectivity index (χ1n) is 2.92. The van der Waals surface area contributed by atoms with Gasteiger partial charge in [-0.25, -0.2) is 0 Å². The molecule has 2 N–H and O–H groups in total. The van der Waals surface area contributed by atoms with Crippen molar-refractivity contribution in [1.29, 1.82) is 5.26 Å². The summed E-state index contributed by atoms with van der Waals surface area (Å²) in [6.45, 7) is 0.422. The van der Waals surface area contributed by atoms with E-state index < -0.39 is 0 Å². The van der Waals surface area contributed by atoms with Crippen LogP contribution in [0.25, 0.3) is 0 Å². The van der Waals surface area contributed by atoms with E-state index in [1.807, 2.05) is 6.07 Å². The van der Waals surface area contributed by atoms with Gasteiger partial charge in [-0.2, -0.15) is 5.26 Å². The Morgan fingerprint density at radius 2 is 2.40 bits per heavy atom. The van der Waals surface area contributed by atoms with Gasteiger partial charge in [0.05, 0.1) is 11.3 Å². The minimum Gasteiger partial charge on any atom is -0.325 e. The number of hydrogen-bond acceptors (Lipinski definition) is 3. The zero-order valence-electron chi connectivity index (χ0n) is 5.41. The van der Waals surface area contributed by atoms with Crippen molar-refractivity contribution in [2.75, 3.05) is 0 Å². The molecule has 3 heteroatoms. The third kappa shape index (κ3) is 1.30. The summed E-state index contributed by atoms with van der Waals surface area (Å²) in [7, 11) is 0. The van der Waals surface area contributed by atoms with Gasteiger partial charge in [0.15, 0.2) is 0 Å². The molecule has 0 radical (unpaired) electrons. The normalized spacial score (nSPS) is 8.80. The van der Waals surface area contributed by atoms with Crippen LogP contribution in [0.4, 0.5) is 0 Å². The molecule has 0 atom stereocenters. The highest BCUT2D eigenvalue weighted by molar-refractivity contribution is 5.26. The van der Waals surface area contributed by atoms with Crippen LogP contribution < -0.4 is 5.73 Å². The van der Waals surface area contributed by atoms with Crippen LogP contribution in [0.1, 0.15) is 11.3 Å². The molecule has 0 saturated heterocycles. The molecule has 0 spiro atoms. The van der Waals surface area contributed by atoms with Crippen molar-refractivity contribution in [3.05, 3.63) is 29.6 Å². The number of pyridine rings is 1. The second-order valence-electron chi connectivity index (χ2n) is 1.85. The van der Waals surface area contributed by atoms with E-state index in [1.54, 1.807) is 12.1 Å². The Balaban J connectivity index is 2.93. The van der Waals surface area contributed by atoms with Crippen LogP contribution in [0.15, 0.2) is 18.3 Å². The van der Waals surface area contributed by atoms with Crippen LogP contribution in [0, 0.1) is 11.3 Å². The predicted octanol–water partition coefficient (Wildman–Crippen LogP) is 0.412. The summed E-state index contributed by atoms with van der Waals surface area (Å²) in [6.07, 6.45) is 1.52. The second kappa shape index (κ2) is 2.95. The molecule has 50 valence electrons. The van der Waals surface area contributed by atoms with Gasteiger partial charge in [-0.05, 0) is 12.1 Å². The Kier molecular flexibility index (Phi) is 1.98. The van der Waals surface area contributed by atoms with Crippen LogP contribution in [-0.2, 0) is 6.54 Å². The van der Waals surface area contributed by atoms with Gasteiger partial charge in [0.2, 0.25) is 0 Å². The predicted molar refractivity (Wildman–Crippen MR) is 36.8 cm³/mol. The highest BCUT2D eigenvalue weighted by Gasteiger charge is 1.90. The molecule has 0 saturated carbocycles. The molecule has 1 rings (SSSR count). The average molecular weight is 133 g/mol. The molecule has 3 nitrogen and oxygen atoms in total. The van der Waals surface area contributed by atoms with Gasteiger partial charge in [0, 0.05) is 12.7 Å². The molecule has 0 bridgehead atoms. The first-order chi connectivity index (χ1) is 4.86. The van der Waals surface area contributed by atoms with Crippen molar-refractivity contribution in [2.45, 2.75) is 6.54 Å². The number of hydrogen-bond donors (Lipinski definition) is 1. The average Bonchev–Trinajstić information content (AvgIpc) is 2.05. The minimum atomic E-state index is 0.422. The Hall–Kier alpha value is -1.40. The fourth-order valence-corrected chi connectivity index (χ4v) is 0.611. The van der Waals surface area contributed by atoms with E-state index in [9.17, 15) is 0 Å². The summed E-state index contributed by atoms with van der Waals surface area (Å²) in [4.78, 5) is 3.92. The highest BCUT2D eigenvalue weighted by Crippen LogP contribution is 1.96. The van der Waals surface area contributed by atoms with Crippen molar-refractivity contribution < 1.29 is 0 Å². The molecular formula is C7H7N3. The Bertz CT molecular complexity index is 245. The maximum Gasteiger partial charge on any atom is 0.101 e. The zero-order valence-corrected chi connectivity index (χ0v) is 5.41. The number of nitrogens with zero attached hydrogens (tertiary/aromatic N) is 2. The fraction of sp³-hybridized carbons (Fsp3) is 0.143. The van der Waals surface area contributed by atoms with Crippen molar-refractivity contribution in [3.8, 4) is 6.07 Å². The summed E-state index contributed by atoms with van der Waals surface area (Å²) in [6, 6.07) is 5.43. The van der Waals surface area contributed by atoms with E-state index in [2.05, 4.69) is 4.98 Å². The third-order valence-electron chi connectivity index (χ3n) is 1.16. The van der Waals surface area contributed by atoms with Gasteiger partial charge >= 0.3 is 0 Å². The van der Waals surface area contributed by atoms with Crippen LogP contribution >= 0.6 is 0 Å². The Morgan fingerprint density at radius 1 is 1.60 bits per heavy atom. The third-order valence-corrected chi connectivity index (χ3v) is 1.16. The van der Waals surface area contributed by atoms with E-state index in [0.717, 1.165) is 5.69 Å². The van der Waals surface area contributed by atoms with Gasteiger partial charge in [-0.1, -0.05) is 0 Å². The van der Waals surface area contributed by atoms with Crippen molar-refractivity contribution in [2.24, 2.45) is 5.73 Å². The first-order valence-corrected chi connectivity index (χ1v) is 2.92. The van der Waals surface area contributed by atoms with Gasteiger partial charge in [0.25, 0.3) is 0 Å². The number of rotatable bonds is 1. The largest absolute Gasteiger partial charge is 0.325 e. The van der Waals surface area contributed by atoms with Crippen LogP contribution in [-0.4, -0.2) is 4.98 Å². The molecule has 1 aromatic heterocycles. The molecule has 1 aromatic rings. The lowest BCUT2D eigenvalue weighted by molar-refractivity contribution is 0.988. The van der Waals surface area contributed by atoms with E-state index >= 15 is 0 Å². The number of aromatic nitrogens is 1. The van der Waals surface area contributed by atoms with Crippen LogP contribution in [0.3, 0.4) is 0 Å². The van der Waals surface area contributed by atoms with Crippen molar-refractivity contribution in [1.82, 2.24) is 4.98 Å². The lowest BCUT2D eigenvalue weighted by Gasteiger charge is -1.92. The van der Waals surface area contributed by atoms with Gasteiger partial charge in [0.1, 0.15) is 6.07 Å². The lowest BCUT2D eigenvalue weighted by atomic mass is 10.3. The smallest absolute Gasteiger partial charge is 0.101 e. The van der Waals surface area contributed by atoms with E-state index in [-0.39, 0.29) is 0 Å². The molecule has 0 aliphatic carbocycles. The quantitative estimate of drug-likeness (QED) is 0.603. The lowest BCUT2D eigenvalue weighted by Crippen LogP contribution is -1.98. The minimum absolute atomic E-state index is 0.422. The monoisotopic (exact) mass is 133 g/mol. The van der Waals surface area contributed by atoms with E-state index in [0.29, 0.717) is 12.1 Å². The van der Waals surface area contributed by atoms with Gasteiger partial charge in [-0.15, -0.1) is 0 Å². The summed E-state index contributed by atoms with van der Waals surface area (Å²) < 4.78 is 0. The van der Waals surface area contributed by atoms with Gasteiger partial charge in [-0.3, -0.25) is 4.98 Å². The molecule has 0 amide bonds.